The van der Waals surface area contributed by atoms with Gasteiger partial charge in [0.1, 0.15) is 23.5 Å². The second-order valence-corrected chi connectivity index (χ2v) is 8.89. The molecule has 2 heterocycles. The van der Waals surface area contributed by atoms with Gasteiger partial charge in [0.2, 0.25) is 0 Å². The standard InChI is InChI=1S/C30H24N2O4/c1-35-22-15-13-20(14-16-22)26-17-27(32(31-26)18-29(33)34)21-11-9-19(10-12-21)23-6-4-7-25-24-5-2-3-8-28(24)36-30(23)25/h2-16,27H,17-18H2,1H3,(H,33,34)/t27-/m0/s1. The predicted octanol–water partition coefficient (Wildman–Crippen LogP) is 6.50. The molecule has 36 heavy (non-hydrogen) atoms. The van der Waals surface area contributed by atoms with Gasteiger partial charge in [0.05, 0.1) is 18.9 Å². The molecule has 0 spiro atoms. The number of carbonyl (C=O) groups is 1. The van der Waals surface area contributed by atoms with Crippen LogP contribution >= 0.6 is 0 Å². The molecular weight excluding hydrogens is 452 g/mol. The molecule has 0 radical (unpaired) electrons. The Morgan fingerprint density at radius 2 is 1.67 bits per heavy atom. The summed E-state index contributed by atoms with van der Waals surface area (Å²) in [6.07, 6.45) is 0.623. The Morgan fingerprint density at radius 1 is 0.944 bits per heavy atom. The highest BCUT2D eigenvalue weighted by Gasteiger charge is 2.30. The van der Waals surface area contributed by atoms with E-state index in [1.807, 2.05) is 48.5 Å². The molecule has 0 unspecified atom stereocenters. The Bertz CT molecular complexity index is 1600. The molecule has 0 aliphatic carbocycles. The molecule has 4 aromatic carbocycles. The normalized spacial score (nSPS) is 15.4. The zero-order chi connectivity index (χ0) is 24.6. The monoisotopic (exact) mass is 476 g/mol. The lowest BCUT2D eigenvalue weighted by Gasteiger charge is -2.22. The van der Waals surface area contributed by atoms with Gasteiger partial charge in [0, 0.05) is 22.8 Å². The Morgan fingerprint density at radius 3 is 2.42 bits per heavy atom. The van der Waals surface area contributed by atoms with Gasteiger partial charge in [-0.25, -0.2) is 0 Å². The average molecular weight is 477 g/mol. The number of furan rings is 1. The first-order valence-electron chi connectivity index (χ1n) is 11.8. The molecule has 6 heteroatoms. The minimum Gasteiger partial charge on any atom is -0.497 e. The third-order valence-corrected chi connectivity index (χ3v) is 6.73. The van der Waals surface area contributed by atoms with Gasteiger partial charge >= 0.3 is 5.97 Å². The molecule has 6 nitrogen and oxygen atoms in total. The topological polar surface area (TPSA) is 75.3 Å². The fourth-order valence-corrected chi connectivity index (χ4v) is 4.95. The van der Waals surface area contributed by atoms with E-state index < -0.39 is 5.97 Å². The number of para-hydroxylation sites is 2. The number of carboxylic acids is 1. The molecule has 1 aliphatic rings. The van der Waals surface area contributed by atoms with E-state index >= 15 is 0 Å². The third-order valence-electron chi connectivity index (χ3n) is 6.73. The molecule has 178 valence electrons. The van der Waals surface area contributed by atoms with E-state index in [1.54, 1.807) is 12.1 Å². The zero-order valence-electron chi connectivity index (χ0n) is 19.7. The van der Waals surface area contributed by atoms with E-state index in [1.165, 1.54) is 0 Å². The van der Waals surface area contributed by atoms with Crippen molar-refractivity contribution in [1.82, 2.24) is 5.01 Å². The van der Waals surface area contributed by atoms with Gasteiger partial charge in [-0.15, -0.1) is 0 Å². The molecule has 0 bridgehead atoms. The minimum absolute atomic E-state index is 0.158. The minimum atomic E-state index is -0.909. The largest absolute Gasteiger partial charge is 0.497 e. The van der Waals surface area contributed by atoms with E-state index in [9.17, 15) is 9.90 Å². The van der Waals surface area contributed by atoms with Crippen molar-refractivity contribution in [2.24, 2.45) is 5.10 Å². The second-order valence-electron chi connectivity index (χ2n) is 8.89. The first-order valence-corrected chi connectivity index (χ1v) is 11.8. The number of aliphatic carboxylic acids is 1. The van der Waals surface area contributed by atoms with Crippen molar-refractivity contribution in [3.05, 3.63) is 102 Å². The van der Waals surface area contributed by atoms with E-state index in [0.717, 1.165) is 55.7 Å². The predicted molar refractivity (Wildman–Crippen MR) is 140 cm³/mol. The Kier molecular flexibility index (Phi) is 5.41. The molecule has 0 amide bonds. The van der Waals surface area contributed by atoms with Gasteiger partial charge in [-0.2, -0.15) is 5.10 Å². The summed E-state index contributed by atoms with van der Waals surface area (Å²) in [4.78, 5) is 11.6. The first kappa shape index (κ1) is 21.9. The van der Waals surface area contributed by atoms with Crippen LogP contribution in [0.1, 0.15) is 23.6 Å². The maximum absolute atomic E-state index is 11.6. The van der Waals surface area contributed by atoms with Gasteiger partial charge in [-0.05, 0) is 47.0 Å². The average Bonchev–Trinajstić information content (AvgIpc) is 3.50. The Hall–Kier alpha value is -4.58. The quantitative estimate of drug-likeness (QED) is 0.303. The summed E-state index contributed by atoms with van der Waals surface area (Å²) in [6.45, 7) is -0.162. The van der Waals surface area contributed by atoms with Crippen molar-refractivity contribution in [2.45, 2.75) is 12.5 Å². The number of methoxy groups -OCH3 is 1. The van der Waals surface area contributed by atoms with Crippen molar-refractivity contribution < 1.29 is 19.1 Å². The van der Waals surface area contributed by atoms with Crippen LogP contribution in [0.3, 0.4) is 0 Å². The number of hydrogen-bond donors (Lipinski definition) is 1. The van der Waals surface area contributed by atoms with E-state index in [4.69, 9.17) is 9.15 Å². The Labute approximate surface area is 208 Å². The van der Waals surface area contributed by atoms with Crippen LogP contribution in [0.15, 0.2) is 101 Å². The maximum atomic E-state index is 11.6. The molecule has 5 aromatic rings. The highest BCUT2D eigenvalue weighted by atomic mass is 16.5. The highest BCUT2D eigenvalue weighted by molar-refractivity contribution is 6.09. The number of nitrogens with zero attached hydrogens (tertiary/aromatic N) is 2. The fourth-order valence-electron chi connectivity index (χ4n) is 4.95. The summed E-state index contributed by atoms with van der Waals surface area (Å²) in [7, 11) is 1.63. The van der Waals surface area contributed by atoms with Crippen LogP contribution in [0, 0.1) is 0 Å². The van der Waals surface area contributed by atoms with E-state index in [0.29, 0.717) is 6.42 Å². The van der Waals surface area contributed by atoms with Crippen LogP contribution in [-0.4, -0.2) is 35.5 Å². The van der Waals surface area contributed by atoms with Crippen molar-refractivity contribution in [3.63, 3.8) is 0 Å². The SMILES string of the molecule is COc1ccc(C2=NN(CC(=O)O)[C@H](c3ccc(-c4cccc5c4oc4ccccc45)cc3)C2)cc1. The molecule has 1 aliphatic heterocycles. The lowest BCUT2D eigenvalue weighted by atomic mass is 9.95. The van der Waals surface area contributed by atoms with Crippen LogP contribution in [0.2, 0.25) is 0 Å². The van der Waals surface area contributed by atoms with E-state index in [2.05, 4.69) is 47.6 Å². The summed E-state index contributed by atoms with van der Waals surface area (Å²) in [5.74, 6) is -0.140. The Balaban J connectivity index is 1.32. The molecular formula is C30H24N2O4. The number of fused-ring (bicyclic) bond motifs is 3. The molecule has 6 rings (SSSR count). The van der Waals surface area contributed by atoms with Crippen LogP contribution in [0.4, 0.5) is 0 Å². The van der Waals surface area contributed by atoms with Gasteiger partial charge in [0.25, 0.3) is 0 Å². The number of rotatable bonds is 6. The van der Waals surface area contributed by atoms with Gasteiger partial charge in [0.15, 0.2) is 0 Å². The summed E-state index contributed by atoms with van der Waals surface area (Å²) >= 11 is 0. The van der Waals surface area contributed by atoms with Crippen LogP contribution in [0.5, 0.6) is 5.75 Å². The summed E-state index contributed by atoms with van der Waals surface area (Å²) in [5.41, 5.74) is 6.65. The third kappa shape index (κ3) is 3.86. The lowest BCUT2D eigenvalue weighted by molar-refractivity contribution is -0.138. The van der Waals surface area contributed by atoms with Crippen molar-refractivity contribution in [1.29, 1.82) is 0 Å². The first-order chi connectivity index (χ1) is 17.6. The van der Waals surface area contributed by atoms with Crippen LogP contribution in [0.25, 0.3) is 33.1 Å². The highest BCUT2D eigenvalue weighted by Crippen LogP contribution is 2.37. The number of hydrazone groups is 1. The molecule has 0 saturated carbocycles. The smallest absolute Gasteiger partial charge is 0.324 e. The molecule has 1 aromatic heterocycles. The zero-order valence-corrected chi connectivity index (χ0v) is 19.7. The van der Waals surface area contributed by atoms with Crippen molar-refractivity contribution >= 4 is 33.6 Å². The van der Waals surface area contributed by atoms with Crippen molar-refractivity contribution in [2.75, 3.05) is 13.7 Å². The van der Waals surface area contributed by atoms with E-state index in [-0.39, 0.29) is 12.6 Å². The van der Waals surface area contributed by atoms with Crippen LogP contribution in [-0.2, 0) is 4.79 Å². The molecule has 0 fully saturated rings. The van der Waals surface area contributed by atoms with Crippen LogP contribution < -0.4 is 4.74 Å². The number of ether oxygens (including phenoxy) is 1. The van der Waals surface area contributed by atoms with Crippen molar-refractivity contribution in [3.8, 4) is 16.9 Å². The van der Waals surface area contributed by atoms with Gasteiger partial charge in [-0.3, -0.25) is 9.80 Å². The summed E-state index contributed by atoms with van der Waals surface area (Å²) < 4.78 is 11.5. The molecule has 0 saturated heterocycles. The maximum Gasteiger partial charge on any atom is 0.324 e. The lowest BCUT2D eigenvalue weighted by Crippen LogP contribution is -2.26. The summed E-state index contributed by atoms with van der Waals surface area (Å²) in [6, 6.07) is 30.0. The molecule has 1 N–H and O–H groups in total. The fraction of sp³-hybridized carbons (Fsp3) is 0.133. The van der Waals surface area contributed by atoms with Gasteiger partial charge < -0.3 is 14.3 Å². The number of carboxylic acid groups (broad SMARTS) is 1. The summed E-state index contributed by atoms with van der Waals surface area (Å²) in [5, 5.41) is 18.0. The second kappa shape index (κ2) is 8.89. The van der Waals surface area contributed by atoms with Gasteiger partial charge in [-0.1, -0.05) is 60.7 Å². The number of benzene rings is 4. The number of hydrogen-bond acceptors (Lipinski definition) is 5. The molecule has 1 atom stereocenters.